The Bertz CT molecular complexity index is 909. The van der Waals surface area contributed by atoms with Crippen molar-refractivity contribution in [1.82, 2.24) is 20.0 Å². The van der Waals surface area contributed by atoms with E-state index in [9.17, 15) is 9.59 Å². The lowest BCUT2D eigenvalue weighted by molar-refractivity contribution is -0.139. The fourth-order valence-corrected chi connectivity index (χ4v) is 4.77. The van der Waals surface area contributed by atoms with Gasteiger partial charge in [0, 0.05) is 39.3 Å². The smallest absolute Gasteiger partial charge is 0.237 e. The minimum Gasteiger partial charge on any atom is -0.353 e. The fourth-order valence-electron chi connectivity index (χ4n) is 4.77. The molecule has 2 aromatic carbocycles. The maximum atomic E-state index is 13.1. The number of benzene rings is 2. The summed E-state index contributed by atoms with van der Waals surface area (Å²) < 4.78 is 0. The van der Waals surface area contributed by atoms with Gasteiger partial charge in [-0.3, -0.25) is 14.5 Å². The van der Waals surface area contributed by atoms with Crippen LogP contribution < -0.4 is 5.32 Å². The monoisotopic (exact) mass is 422 g/mol. The Morgan fingerprint density at radius 2 is 1.87 bits per heavy atom. The molecule has 6 nitrogen and oxygen atoms in total. The van der Waals surface area contributed by atoms with E-state index in [2.05, 4.69) is 45.4 Å². The number of hydrogen-bond acceptors (Lipinski definition) is 4. The molecule has 1 unspecified atom stereocenters. The zero-order valence-corrected chi connectivity index (χ0v) is 18.6. The maximum absolute atomic E-state index is 13.1. The van der Waals surface area contributed by atoms with Gasteiger partial charge in [-0.15, -0.1) is 0 Å². The molecule has 0 radical (unpaired) electrons. The van der Waals surface area contributed by atoms with Crippen LogP contribution in [-0.4, -0.2) is 78.4 Å². The van der Waals surface area contributed by atoms with Gasteiger partial charge >= 0.3 is 0 Å². The Morgan fingerprint density at radius 1 is 1.10 bits per heavy atom. The van der Waals surface area contributed by atoms with Crippen LogP contribution in [0.5, 0.6) is 0 Å². The van der Waals surface area contributed by atoms with Crippen molar-refractivity contribution in [2.45, 2.75) is 38.8 Å². The zero-order chi connectivity index (χ0) is 21.6. The highest BCUT2D eigenvalue weighted by Gasteiger charge is 2.32. The highest BCUT2D eigenvalue weighted by Crippen LogP contribution is 2.20. The highest BCUT2D eigenvalue weighted by molar-refractivity contribution is 5.89. The number of rotatable bonds is 8. The van der Waals surface area contributed by atoms with Gasteiger partial charge in [0.25, 0.3) is 0 Å². The summed E-state index contributed by atoms with van der Waals surface area (Å²) in [6.07, 6.45) is 2.76. The van der Waals surface area contributed by atoms with E-state index in [0.717, 1.165) is 32.7 Å². The Hall–Kier alpha value is -2.44. The molecule has 2 heterocycles. The second-order valence-electron chi connectivity index (χ2n) is 8.69. The summed E-state index contributed by atoms with van der Waals surface area (Å²) in [4.78, 5) is 32.3. The van der Waals surface area contributed by atoms with Crippen molar-refractivity contribution in [3.8, 4) is 0 Å². The first kappa shape index (κ1) is 21.8. The van der Waals surface area contributed by atoms with Crippen LogP contribution >= 0.6 is 0 Å². The van der Waals surface area contributed by atoms with Crippen molar-refractivity contribution in [3.05, 3.63) is 48.0 Å². The van der Waals surface area contributed by atoms with E-state index in [4.69, 9.17) is 0 Å². The Kier molecular flexibility index (Phi) is 7.20. The van der Waals surface area contributed by atoms with Crippen LogP contribution in [0.3, 0.4) is 0 Å². The van der Waals surface area contributed by atoms with Crippen LogP contribution in [0.1, 0.15) is 31.7 Å². The first-order chi connectivity index (χ1) is 15.1. The van der Waals surface area contributed by atoms with E-state index in [1.165, 1.54) is 29.2 Å². The fraction of sp³-hybridized carbons (Fsp3) is 0.520. The normalized spacial score (nSPS) is 20.2. The summed E-state index contributed by atoms with van der Waals surface area (Å²) in [5, 5.41) is 5.37. The van der Waals surface area contributed by atoms with Crippen LogP contribution in [-0.2, 0) is 16.1 Å². The minimum absolute atomic E-state index is 0.0315. The molecule has 2 aromatic rings. The van der Waals surface area contributed by atoms with Crippen molar-refractivity contribution >= 4 is 22.6 Å². The number of likely N-dealkylation sites (tertiary alicyclic amines) is 1. The Balaban J connectivity index is 1.41. The lowest BCUT2D eigenvalue weighted by Crippen LogP contribution is -2.56. The molecule has 1 atom stereocenters. The first-order valence-electron chi connectivity index (χ1n) is 11.6. The number of likely N-dealkylation sites (N-methyl/N-ethyl adjacent to an activating group) is 1. The van der Waals surface area contributed by atoms with Gasteiger partial charge in [0.15, 0.2) is 0 Å². The SMILES string of the molecule is CCN(CCN1CCCC1)C(=O)CC1C(=O)NCCN1Cc1ccc2ccccc2c1. The molecule has 0 aromatic heterocycles. The summed E-state index contributed by atoms with van der Waals surface area (Å²) in [7, 11) is 0. The number of nitrogens with one attached hydrogen (secondary N) is 1. The molecule has 1 N–H and O–H groups in total. The second kappa shape index (κ2) is 10.2. The number of fused-ring (bicyclic) bond motifs is 1. The Labute approximate surface area is 185 Å². The van der Waals surface area contributed by atoms with Gasteiger partial charge in [-0.2, -0.15) is 0 Å². The molecule has 0 aliphatic carbocycles. The van der Waals surface area contributed by atoms with Crippen molar-refractivity contribution in [2.75, 3.05) is 45.8 Å². The second-order valence-corrected chi connectivity index (χ2v) is 8.69. The number of carbonyl (C=O) groups is 2. The number of amides is 2. The standard InChI is InChI=1S/C25H34N4O2/c1-2-28(16-15-27-12-5-6-13-27)24(30)18-23-25(31)26-11-14-29(23)19-20-9-10-21-7-3-4-8-22(21)17-20/h3-4,7-10,17,23H,2,5-6,11-16,18-19H2,1H3,(H,26,31). The molecule has 6 heteroatoms. The molecule has 0 saturated carbocycles. The van der Waals surface area contributed by atoms with Crippen LogP contribution in [0.15, 0.2) is 42.5 Å². The predicted octanol–water partition coefficient (Wildman–Crippen LogP) is 2.47. The molecule has 2 fully saturated rings. The molecular weight excluding hydrogens is 388 g/mol. The van der Waals surface area contributed by atoms with Crippen molar-refractivity contribution < 1.29 is 9.59 Å². The van der Waals surface area contributed by atoms with Gasteiger partial charge in [-0.1, -0.05) is 36.4 Å². The molecule has 2 amide bonds. The van der Waals surface area contributed by atoms with Gasteiger partial charge < -0.3 is 15.1 Å². The first-order valence-corrected chi connectivity index (χ1v) is 11.6. The van der Waals surface area contributed by atoms with Gasteiger partial charge in [-0.25, -0.2) is 0 Å². The van der Waals surface area contributed by atoms with Crippen LogP contribution in [0, 0.1) is 0 Å². The van der Waals surface area contributed by atoms with Crippen molar-refractivity contribution in [1.29, 1.82) is 0 Å². The lowest BCUT2D eigenvalue weighted by Gasteiger charge is -2.36. The molecular formula is C25H34N4O2. The Morgan fingerprint density at radius 3 is 2.65 bits per heavy atom. The number of nitrogens with zero attached hydrogens (tertiary/aromatic N) is 3. The van der Waals surface area contributed by atoms with E-state index in [-0.39, 0.29) is 18.2 Å². The van der Waals surface area contributed by atoms with Crippen LogP contribution in [0.2, 0.25) is 0 Å². The number of carbonyl (C=O) groups excluding carboxylic acids is 2. The molecule has 4 rings (SSSR count). The van der Waals surface area contributed by atoms with E-state index in [1.807, 2.05) is 24.0 Å². The third-order valence-electron chi connectivity index (χ3n) is 6.63. The van der Waals surface area contributed by atoms with E-state index >= 15 is 0 Å². The van der Waals surface area contributed by atoms with Gasteiger partial charge in [0.2, 0.25) is 11.8 Å². The summed E-state index contributed by atoms with van der Waals surface area (Å²) in [6.45, 7) is 8.72. The number of hydrogen-bond donors (Lipinski definition) is 1. The highest BCUT2D eigenvalue weighted by atomic mass is 16.2. The lowest BCUT2D eigenvalue weighted by atomic mass is 10.0. The van der Waals surface area contributed by atoms with E-state index < -0.39 is 6.04 Å². The minimum atomic E-state index is -0.409. The largest absolute Gasteiger partial charge is 0.353 e. The van der Waals surface area contributed by atoms with Crippen molar-refractivity contribution in [2.24, 2.45) is 0 Å². The molecule has 2 saturated heterocycles. The molecule has 0 bridgehead atoms. The van der Waals surface area contributed by atoms with Gasteiger partial charge in [0.1, 0.15) is 0 Å². The molecule has 31 heavy (non-hydrogen) atoms. The third kappa shape index (κ3) is 5.43. The quantitative estimate of drug-likeness (QED) is 0.710. The summed E-state index contributed by atoms with van der Waals surface area (Å²) in [5.41, 5.74) is 1.17. The number of piperazine rings is 1. The molecule has 166 valence electrons. The average molecular weight is 423 g/mol. The molecule has 0 spiro atoms. The van der Waals surface area contributed by atoms with Crippen LogP contribution in [0.4, 0.5) is 0 Å². The maximum Gasteiger partial charge on any atom is 0.237 e. The van der Waals surface area contributed by atoms with E-state index in [1.54, 1.807) is 0 Å². The summed E-state index contributed by atoms with van der Waals surface area (Å²) >= 11 is 0. The summed E-state index contributed by atoms with van der Waals surface area (Å²) in [5.74, 6) is 0.0447. The summed E-state index contributed by atoms with van der Waals surface area (Å²) in [6, 6.07) is 14.3. The topological polar surface area (TPSA) is 55.9 Å². The third-order valence-corrected chi connectivity index (χ3v) is 6.63. The molecule has 2 aliphatic rings. The zero-order valence-electron chi connectivity index (χ0n) is 18.6. The van der Waals surface area contributed by atoms with Gasteiger partial charge in [-0.05, 0) is 55.3 Å². The van der Waals surface area contributed by atoms with Crippen molar-refractivity contribution in [3.63, 3.8) is 0 Å². The van der Waals surface area contributed by atoms with E-state index in [0.29, 0.717) is 19.6 Å². The van der Waals surface area contributed by atoms with Crippen LogP contribution in [0.25, 0.3) is 10.8 Å². The average Bonchev–Trinajstić information content (AvgIpc) is 3.30. The predicted molar refractivity (Wildman–Crippen MR) is 124 cm³/mol. The molecule has 2 aliphatic heterocycles. The van der Waals surface area contributed by atoms with Gasteiger partial charge in [0.05, 0.1) is 12.5 Å².